The molecule has 0 aliphatic heterocycles. The van der Waals surface area contributed by atoms with E-state index in [1.165, 1.54) is 89.9 Å². The van der Waals surface area contributed by atoms with Gasteiger partial charge in [0, 0.05) is 6.07 Å². The Kier molecular flexibility index (Phi) is 27.0. The van der Waals surface area contributed by atoms with Crippen molar-refractivity contribution in [2.45, 2.75) is 165 Å². The number of para-hydroxylation sites is 2. The number of benzene rings is 4. The molecular formula is C48H66CaO10S2. The van der Waals surface area contributed by atoms with E-state index in [2.05, 4.69) is 13.8 Å². The maximum atomic E-state index is 12.5. The smallest absolute Gasteiger partial charge is 0.871 e. The van der Waals surface area contributed by atoms with Gasteiger partial charge in [0.1, 0.15) is 43.8 Å². The maximum Gasteiger partial charge on any atom is 2.00 e. The first-order valence-corrected chi connectivity index (χ1v) is 24.8. The Morgan fingerprint density at radius 3 is 1.21 bits per heavy atom. The average molecular weight is 907 g/mol. The molecule has 0 amide bonds. The molecule has 0 saturated heterocycles. The molecule has 4 rings (SSSR count). The fourth-order valence-electron chi connectivity index (χ4n) is 7.00. The van der Waals surface area contributed by atoms with Crippen LogP contribution in [0.25, 0.3) is 0 Å². The summed E-state index contributed by atoms with van der Waals surface area (Å²) in [6, 6.07) is 23.2. The molecule has 0 heterocycles. The zero-order valence-electron chi connectivity index (χ0n) is 36.3. The summed E-state index contributed by atoms with van der Waals surface area (Å²) < 4.78 is 78.9. The van der Waals surface area contributed by atoms with E-state index in [-0.39, 0.29) is 49.2 Å². The van der Waals surface area contributed by atoms with Gasteiger partial charge in [0.05, 0.1) is 4.90 Å². The summed E-state index contributed by atoms with van der Waals surface area (Å²) in [4.78, 5) is -1.25. The molecule has 0 unspecified atom stereocenters. The first-order valence-electron chi connectivity index (χ1n) is 21.9. The molecule has 0 aliphatic rings. The molecule has 0 atom stereocenters. The Morgan fingerprint density at radius 1 is 0.492 bits per heavy atom. The number of hydrogen-bond acceptors (Lipinski definition) is 9. The normalized spacial score (nSPS) is 11.3. The second-order valence-corrected chi connectivity index (χ2v) is 18.2. The van der Waals surface area contributed by atoms with E-state index in [0.717, 1.165) is 50.7 Å². The molecule has 0 radical (unpaired) electrons. The van der Waals surface area contributed by atoms with E-state index in [1.54, 1.807) is 48.5 Å². The van der Waals surface area contributed by atoms with Crippen LogP contribution in [0.2, 0.25) is 0 Å². The Balaban J connectivity index is 0.000000413. The summed E-state index contributed by atoms with van der Waals surface area (Å²) in [6.07, 6.45) is 24.6. The van der Waals surface area contributed by atoms with Crippen molar-refractivity contribution in [1.82, 2.24) is 0 Å². The second-order valence-electron chi connectivity index (χ2n) is 15.5. The van der Waals surface area contributed by atoms with Crippen molar-refractivity contribution in [3.05, 3.63) is 96.1 Å². The van der Waals surface area contributed by atoms with Crippen molar-refractivity contribution in [3.63, 3.8) is 0 Å². The third kappa shape index (κ3) is 21.9. The molecule has 0 fully saturated rings. The monoisotopic (exact) mass is 906 g/mol. The van der Waals surface area contributed by atoms with Gasteiger partial charge in [-0.05, 0) is 73.7 Å². The van der Waals surface area contributed by atoms with Crippen LogP contribution in [-0.4, -0.2) is 68.8 Å². The molecule has 0 aliphatic carbocycles. The molecule has 13 heteroatoms. The minimum Gasteiger partial charge on any atom is -0.871 e. The van der Waals surface area contributed by atoms with Gasteiger partial charge in [-0.3, -0.25) is 4.55 Å². The van der Waals surface area contributed by atoms with E-state index in [0.29, 0.717) is 35.5 Å². The number of unbranched alkanes of at least 4 members (excludes halogenated alkanes) is 18. The number of phenols is 1. The Bertz CT molecular complexity index is 1880. The van der Waals surface area contributed by atoms with Gasteiger partial charge in [-0.25, -0.2) is 8.42 Å². The molecule has 0 aromatic heterocycles. The zero-order valence-corrected chi connectivity index (χ0v) is 40.2. The maximum absolute atomic E-state index is 12.5. The van der Waals surface area contributed by atoms with Crippen molar-refractivity contribution in [3.8, 4) is 34.5 Å². The molecule has 332 valence electrons. The molecule has 0 bridgehead atoms. The number of ether oxygens (including phenoxy) is 2. The fraction of sp³-hybridized carbons (Fsp3) is 0.500. The number of aryl methyl sites for hydroxylation is 2. The Morgan fingerprint density at radius 2 is 0.836 bits per heavy atom. The van der Waals surface area contributed by atoms with Gasteiger partial charge in [0.25, 0.3) is 10.1 Å². The quantitative estimate of drug-likeness (QED) is 0.0317. The number of hydrogen-bond donors (Lipinski definition) is 2. The zero-order chi connectivity index (χ0) is 43.6. The van der Waals surface area contributed by atoms with Crippen molar-refractivity contribution in [1.29, 1.82) is 0 Å². The SMILES string of the molecule is CCCCCCCCCCCCc1cc(Oc2ccccc2)cc(S(=O)(=O)O)c1O.CCCCCCCCCCCCc1cc(Oc2ccccc2)cc(S(=O)(=O)[O-])c1[O-].[Ca+2]. The molecular weight excluding hydrogens is 841 g/mol. The van der Waals surface area contributed by atoms with Gasteiger partial charge in [-0.2, -0.15) is 8.42 Å². The summed E-state index contributed by atoms with van der Waals surface area (Å²) in [5.41, 5.74) is 0.785. The van der Waals surface area contributed by atoms with Crippen LogP contribution in [0, 0.1) is 0 Å². The third-order valence-corrected chi connectivity index (χ3v) is 12.0. The van der Waals surface area contributed by atoms with Crippen molar-refractivity contribution in [2.24, 2.45) is 0 Å². The van der Waals surface area contributed by atoms with E-state index in [4.69, 9.17) is 9.47 Å². The fourth-order valence-corrected chi connectivity index (χ4v) is 8.26. The van der Waals surface area contributed by atoms with Crippen LogP contribution >= 0.6 is 0 Å². The van der Waals surface area contributed by atoms with E-state index in [9.17, 15) is 36.2 Å². The molecule has 10 nitrogen and oxygen atoms in total. The van der Waals surface area contributed by atoms with Crippen molar-refractivity contribution >= 4 is 58.0 Å². The Hall–Kier alpha value is -2.84. The average Bonchev–Trinajstić information content (AvgIpc) is 3.21. The first-order chi connectivity index (χ1) is 28.8. The molecule has 2 N–H and O–H groups in total. The molecule has 0 saturated carbocycles. The number of rotatable bonds is 28. The van der Waals surface area contributed by atoms with Crippen LogP contribution in [0.15, 0.2) is 94.7 Å². The summed E-state index contributed by atoms with van der Waals surface area (Å²) in [7, 11) is -9.42. The number of aromatic hydroxyl groups is 1. The predicted molar refractivity (Wildman–Crippen MR) is 242 cm³/mol. The van der Waals surface area contributed by atoms with Crippen LogP contribution in [0.5, 0.6) is 34.5 Å². The van der Waals surface area contributed by atoms with E-state index >= 15 is 0 Å². The van der Waals surface area contributed by atoms with Gasteiger partial charge >= 0.3 is 37.7 Å². The van der Waals surface area contributed by atoms with E-state index < -0.39 is 41.5 Å². The van der Waals surface area contributed by atoms with Crippen molar-refractivity contribution < 1.29 is 45.6 Å². The van der Waals surface area contributed by atoms with Gasteiger partial charge in [0.2, 0.25) is 0 Å². The Labute approximate surface area is 396 Å². The molecule has 4 aromatic carbocycles. The van der Waals surface area contributed by atoms with Gasteiger partial charge < -0.3 is 24.2 Å². The van der Waals surface area contributed by atoms with E-state index in [1.807, 2.05) is 24.3 Å². The molecule has 0 spiro atoms. The largest absolute Gasteiger partial charge is 2.00 e. The standard InChI is InChI=1S/2C24H34O5S.Ca/c2*1-2-3-4-5-6-7-8-9-10-12-15-20-18-22(29-21-16-13-11-14-17-21)19-23(24(20)25)30(26,27)28;/h2*11,13-14,16-19,25H,2-10,12,15H2,1H3,(H,26,27,28);/q;;+2/p-2. The van der Waals surface area contributed by atoms with Crippen LogP contribution < -0.4 is 14.6 Å². The third-order valence-electron chi connectivity index (χ3n) is 10.3. The summed E-state index contributed by atoms with van der Waals surface area (Å²) >= 11 is 0. The van der Waals surface area contributed by atoms with Gasteiger partial charge in [0.15, 0.2) is 0 Å². The summed E-state index contributed by atoms with van der Waals surface area (Å²) in [5.74, 6) is 0.422. The summed E-state index contributed by atoms with van der Waals surface area (Å²) in [5, 5.41) is 22.8. The minimum absolute atomic E-state index is 0. The van der Waals surface area contributed by atoms with Crippen LogP contribution in [0.3, 0.4) is 0 Å². The second kappa shape index (κ2) is 30.3. The molecule has 61 heavy (non-hydrogen) atoms. The number of phenolic OH excluding ortho intramolecular Hbond substituents is 1. The van der Waals surface area contributed by atoms with Gasteiger partial charge in [-0.1, -0.05) is 177 Å². The summed E-state index contributed by atoms with van der Waals surface area (Å²) in [6.45, 7) is 4.44. The molecule has 4 aromatic rings. The van der Waals surface area contributed by atoms with Gasteiger partial charge in [-0.15, -0.1) is 0 Å². The minimum atomic E-state index is -4.87. The first kappa shape index (κ1) is 54.3. The topological polar surface area (TPSA) is 173 Å². The van der Waals surface area contributed by atoms with Crippen LogP contribution in [0.4, 0.5) is 0 Å². The predicted octanol–water partition coefficient (Wildman–Crippen LogP) is 12.4. The van der Waals surface area contributed by atoms with Crippen LogP contribution in [-0.2, 0) is 33.1 Å². The van der Waals surface area contributed by atoms with Crippen LogP contribution in [0.1, 0.15) is 153 Å². The van der Waals surface area contributed by atoms with Crippen molar-refractivity contribution in [2.75, 3.05) is 0 Å².